The third kappa shape index (κ3) is 3.38. The van der Waals surface area contributed by atoms with E-state index >= 15 is 0 Å². The van der Waals surface area contributed by atoms with Gasteiger partial charge in [0.15, 0.2) is 0 Å². The van der Waals surface area contributed by atoms with Crippen molar-refractivity contribution in [2.75, 3.05) is 7.11 Å². The van der Waals surface area contributed by atoms with Gasteiger partial charge in [-0.25, -0.2) is 0 Å². The second-order valence-electron chi connectivity index (χ2n) is 3.66. The minimum Gasteiger partial charge on any atom is -0.497 e. The molecule has 1 nitrogen and oxygen atoms in total. The van der Waals surface area contributed by atoms with Crippen LogP contribution < -0.4 is 4.74 Å². The predicted octanol–water partition coefficient (Wildman–Crippen LogP) is 4.93. The number of hydrogen-bond donors (Lipinski definition) is 0. The smallest absolute Gasteiger partial charge is 0.118 e. The van der Waals surface area contributed by atoms with Crippen molar-refractivity contribution in [1.29, 1.82) is 0 Å². The molecule has 0 fully saturated rings. The van der Waals surface area contributed by atoms with Crippen molar-refractivity contribution in [2.45, 2.75) is 11.8 Å². The van der Waals surface area contributed by atoms with Gasteiger partial charge in [-0.15, -0.1) is 22.9 Å². The van der Waals surface area contributed by atoms with E-state index in [1.165, 1.54) is 16.9 Å². The van der Waals surface area contributed by atoms with Gasteiger partial charge in [-0.1, -0.05) is 23.7 Å². The number of thiophene rings is 1. The first-order chi connectivity index (χ1) is 8.19. The minimum atomic E-state index is -0.0269. The minimum absolute atomic E-state index is 0.0269. The van der Waals surface area contributed by atoms with E-state index in [1.807, 2.05) is 36.4 Å². The van der Waals surface area contributed by atoms with Crippen LogP contribution in [0.4, 0.5) is 0 Å². The molecule has 2 rings (SSSR count). The molecule has 90 valence electrons. The molecule has 0 aliphatic carbocycles. The zero-order chi connectivity index (χ0) is 12.3. The van der Waals surface area contributed by atoms with Crippen molar-refractivity contribution in [1.82, 2.24) is 0 Å². The molecule has 0 saturated carbocycles. The standard InChI is InChI=1S/C13H12Cl2OS/c1-16-10-4-2-9(3-5-10)8-11(14)12-6-7-13(15)17-12/h2-7,11H,8H2,1H3. The molecule has 0 saturated heterocycles. The van der Waals surface area contributed by atoms with E-state index in [0.717, 1.165) is 21.4 Å². The van der Waals surface area contributed by atoms with E-state index in [4.69, 9.17) is 27.9 Å². The van der Waals surface area contributed by atoms with Gasteiger partial charge in [-0.3, -0.25) is 0 Å². The summed E-state index contributed by atoms with van der Waals surface area (Å²) in [5.74, 6) is 0.860. The van der Waals surface area contributed by atoms with Crippen LogP contribution in [0, 0.1) is 0 Å². The maximum Gasteiger partial charge on any atom is 0.118 e. The van der Waals surface area contributed by atoms with Crippen LogP contribution in [0.15, 0.2) is 36.4 Å². The first kappa shape index (κ1) is 12.7. The highest BCUT2D eigenvalue weighted by Gasteiger charge is 2.11. The van der Waals surface area contributed by atoms with Crippen LogP contribution in [0.2, 0.25) is 4.34 Å². The molecular formula is C13H12Cl2OS. The summed E-state index contributed by atoms with van der Waals surface area (Å²) in [6.07, 6.45) is 0.794. The summed E-state index contributed by atoms with van der Waals surface area (Å²) in [4.78, 5) is 1.10. The molecule has 0 spiro atoms. The van der Waals surface area contributed by atoms with E-state index in [0.29, 0.717) is 0 Å². The number of halogens is 2. The van der Waals surface area contributed by atoms with Crippen molar-refractivity contribution in [3.05, 3.63) is 51.2 Å². The summed E-state index contributed by atoms with van der Waals surface area (Å²) in [6, 6.07) is 11.8. The Hall–Kier alpha value is -0.700. The summed E-state index contributed by atoms with van der Waals surface area (Å²) in [5.41, 5.74) is 1.19. The normalized spacial score (nSPS) is 12.4. The summed E-state index contributed by atoms with van der Waals surface area (Å²) in [7, 11) is 1.66. The van der Waals surface area contributed by atoms with Gasteiger partial charge >= 0.3 is 0 Å². The van der Waals surface area contributed by atoms with Crippen molar-refractivity contribution in [2.24, 2.45) is 0 Å². The number of benzene rings is 1. The van der Waals surface area contributed by atoms with Crippen LogP contribution in [0.5, 0.6) is 5.75 Å². The van der Waals surface area contributed by atoms with Gasteiger partial charge in [-0.05, 0) is 36.2 Å². The maximum absolute atomic E-state index is 6.35. The lowest BCUT2D eigenvalue weighted by molar-refractivity contribution is 0.414. The number of ether oxygens (including phenoxy) is 1. The van der Waals surface area contributed by atoms with Gasteiger partial charge in [0, 0.05) is 4.88 Å². The summed E-state index contributed by atoms with van der Waals surface area (Å²) >= 11 is 13.8. The Morgan fingerprint density at radius 3 is 2.41 bits per heavy atom. The fourth-order valence-corrected chi connectivity index (χ4v) is 2.99. The van der Waals surface area contributed by atoms with Crippen LogP contribution in [-0.4, -0.2) is 7.11 Å². The molecule has 0 radical (unpaired) electrons. The Labute approximate surface area is 115 Å². The molecule has 0 aliphatic heterocycles. The van der Waals surface area contributed by atoms with Gasteiger partial charge in [0.1, 0.15) is 5.75 Å². The van der Waals surface area contributed by atoms with Gasteiger partial charge in [0.2, 0.25) is 0 Å². The summed E-state index contributed by atoms with van der Waals surface area (Å²) in [6.45, 7) is 0. The van der Waals surface area contributed by atoms with E-state index in [2.05, 4.69) is 0 Å². The molecule has 0 N–H and O–H groups in total. The highest BCUT2D eigenvalue weighted by atomic mass is 35.5. The third-order valence-electron chi connectivity index (χ3n) is 2.48. The molecule has 1 aromatic carbocycles. The summed E-state index contributed by atoms with van der Waals surface area (Å²) < 4.78 is 5.89. The third-order valence-corrected chi connectivity index (χ3v) is 4.34. The second kappa shape index (κ2) is 5.76. The van der Waals surface area contributed by atoms with Gasteiger partial charge < -0.3 is 4.74 Å². The van der Waals surface area contributed by atoms with Crippen LogP contribution >= 0.6 is 34.5 Å². The van der Waals surface area contributed by atoms with Crippen LogP contribution in [0.25, 0.3) is 0 Å². The zero-order valence-electron chi connectivity index (χ0n) is 9.32. The Balaban J connectivity index is 2.04. The molecule has 0 amide bonds. The largest absolute Gasteiger partial charge is 0.497 e. The number of hydrogen-bond acceptors (Lipinski definition) is 2. The fraction of sp³-hybridized carbons (Fsp3) is 0.231. The zero-order valence-corrected chi connectivity index (χ0v) is 11.6. The highest BCUT2D eigenvalue weighted by Crippen LogP contribution is 2.33. The maximum atomic E-state index is 6.35. The molecule has 0 bridgehead atoms. The second-order valence-corrected chi connectivity index (χ2v) is 5.94. The molecule has 1 atom stereocenters. The average Bonchev–Trinajstić information content (AvgIpc) is 2.77. The van der Waals surface area contributed by atoms with Crippen molar-refractivity contribution >= 4 is 34.5 Å². The number of methoxy groups -OCH3 is 1. The van der Waals surface area contributed by atoms with Crippen LogP contribution in [0.3, 0.4) is 0 Å². The molecular weight excluding hydrogens is 275 g/mol. The van der Waals surface area contributed by atoms with Gasteiger partial charge in [0.05, 0.1) is 16.8 Å². The van der Waals surface area contributed by atoms with E-state index in [9.17, 15) is 0 Å². The van der Waals surface area contributed by atoms with Crippen molar-refractivity contribution in [3.63, 3.8) is 0 Å². The lowest BCUT2D eigenvalue weighted by Gasteiger charge is -2.08. The Bertz CT molecular complexity index is 478. The lowest BCUT2D eigenvalue weighted by atomic mass is 10.1. The molecule has 1 aromatic heterocycles. The van der Waals surface area contributed by atoms with E-state index < -0.39 is 0 Å². The van der Waals surface area contributed by atoms with E-state index in [-0.39, 0.29) is 5.38 Å². The Kier molecular flexibility index (Phi) is 4.32. The van der Waals surface area contributed by atoms with Gasteiger partial charge in [-0.2, -0.15) is 0 Å². The Morgan fingerprint density at radius 1 is 1.18 bits per heavy atom. The highest BCUT2D eigenvalue weighted by molar-refractivity contribution is 7.16. The topological polar surface area (TPSA) is 9.23 Å². The SMILES string of the molecule is COc1ccc(CC(Cl)c2ccc(Cl)s2)cc1. The van der Waals surface area contributed by atoms with Crippen LogP contribution in [0.1, 0.15) is 15.8 Å². The number of alkyl halides is 1. The summed E-state index contributed by atoms with van der Waals surface area (Å²) in [5, 5.41) is -0.0269. The molecule has 4 heteroatoms. The quantitative estimate of drug-likeness (QED) is 0.724. The van der Waals surface area contributed by atoms with Crippen molar-refractivity contribution in [3.8, 4) is 5.75 Å². The monoisotopic (exact) mass is 286 g/mol. The molecule has 0 aliphatic rings. The number of rotatable bonds is 4. The first-order valence-electron chi connectivity index (χ1n) is 5.21. The van der Waals surface area contributed by atoms with Crippen LogP contribution in [-0.2, 0) is 6.42 Å². The molecule has 2 aromatic rings. The first-order valence-corrected chi connectivity index (χ1v) is 6.84. The molecule has 1 unspecified atom stereocenters. The predicted molar refractivity (Wildman–Crippen MR) is 74.6 cm³/mol. The molecule has 17 heavy (non-hydrogen) atoms. The van der Waals surface area contributed by atoms with Gasteiger partial charge in [0.25, 0.3) is 0 Å². The van der Waals surface area contributed by atoms with Crippen molar-refractivity contribution < 1.29 is 4.74 Å². The lowest BCUT2D eigenvalue weighted by Crippen LogP contribution is -1.93. The van der Waals surface area contributed by atoms with E-state index in [1.54, 1.807) is 7.11 Å². The Morgan fingerprint density at radius 2 is 1.88 bits per heavy atom. The average molecular weight is 287 g/mol. The molecule has 1 heterocycles. The fourth-order valence-electron chi connectivity index (χ4n) is 1.57.